The van der Waals surface area contributed by atoms with Crippen LogP contribution in [0.4, 0.5) is 4.39 Å². The summed E-state index contributed by atoms with van der Waals surface area (Å²) in [4.78, 5) is 0. The zero-order chi connectivity index (χ0) is 8.36. The van der Waals surface area contributed by atoms with Crippen LogP contribution in [0.25, 0.3) is 0 Å². The summed E-state index contributed by atoms with van der Waals surface area (Å²) in [5, 5.41) is 0. The molecule has 0 saturated heterocycles. The van der Waals surface area contributed by atoms with E-state index < -0.39 is 11.6 Å². The smallest absolute Gasteiger partial charge is 0.271 e. The van der Waals surface area contributed by atoms with Crippen LogP contribution in [-0.2, 0) is 4.74 Å². The van der Waals surface area contributed by atoms with Crippen LogP contribution in [0.5, 0.6) is 0 Å². The normalized spacial score (nSPS) is 11.0. The molecule has 0 aliphatic rings. The summed E-state index contributed by atoms with van der Waals surface area (Å²) in [7, 11) is 0. The molecule has 0 atom stereocenters. The van der Waals surface area contributed by atoms with Crippen LogP contribution in [0.1, 0.15) is 34.6 Å². The van der Waals surface area contributed by atoms with E-state index in [0.29, 0.717) is 5.57 Å². The third kappa shape index (κ3) is 4.36. The maximum absolute atomic E-state index is 12.7. The summed E-state index contributed by atoms with van der Waals surface area (Å²) in [6, 6.07) is -0.465. The minimum Gasteiger partial charge on any atom is -0.465 e. The largest absolute Gasteiger partial charge is 0.465 e. The van der Waals surface area contributed by atoms with Gasteiger partial charge in [0.2, 0.25) is 0 Å². The van der Waals surface area contributed by atoms with Crippen LogP contribution >= 0.6 is 0 Å². The van der Waals surface area contributed by atoms with Crippen molar-refractivity contribution >= 4 is 0 Å². The van der Waals surface area contributed by atoms with Gasteiger partial charge in [-0.1, -0.05) is 0 Å². The molecule has 60 valence electrons. The first-order valence-electron chi connectivity index (χ1n) is 3.35. The summed E-state index contributed by atoms with van der Waals surface area (Å²) in [5.41, 5.74) is 0.149. The molecular formula is C8H15FO. The standard InChI is InChI=1S/C8H15FO/c1-6(2)7(9)10-8(3,4)5/h1-5H3. The molecule has 0 bridgehead atoms. The number of hydrogen-bond acceptors (Lipinski definition) is 1. The van der Waals surface area contributed by atoms with E-state index in [4.69, 9.17) is 4.74 Å². The fourth-order valence-electron chi connectivity index (χ4n) is 0.371. The molecule has 0 fully saturated rings. The van der Waals surface area contributed by atoms with Gasteiger partial charge in [0, 0.05) is 0 Å². The Bertz CT molecular complexity index is 138. The Morgan fingerprint density at radius 1 is 1.20 bits per heavy atom. The van der Waals surface area contributed by atoms with Gasteiger partial charge in [0.05, 0.1) is 0 Å². The number of allylic oxidation sites excluding steroid dienone is 1. The molecule has 0 aromatic heterocycles. The van der Waals surface area contributed by atoms with Gasteiger partial charge >= 0.3 is 0 Å². The van der Waals surface area contributed by atoms with Crippen LogP contribution in [0.2, 0.25) is 0 Å². The molecule has 0 radical (unpaired) electrons. The zero-order valence-electron chi connectivity index (χ0n) is 7.29. The van der Waals surface area contributed by atoms with E-state index in [-0.39, 0.29) is 0 Å². The van der Waals surface area contributed by atoms with Gasteiger partial charge in [-0.2, -0.15) is 4.39 Å². The van der Waals surface area contributed by atoms with E-state index in [0.717, 1.165) is 0 Å². The summed E-state index contributed by atoms with van der Waals surface area (Å²) >= 11 is 0. The van der Waals surface area contributed by atoms with Gasteiger partial charge in [0.15, 0.2) is 0 Å². The Morgan fingerprint density at radius 3 is 1.70 bits per heavy atom. The zero-order valence-corrected chi connectivity index (χ0v) is 7.29. The first-order chi connectivity index (χ1) is 4.33. The molecule has 0 aromatic rings. The Hall–Kier alpha value is -0.530. The molecule has 0 amide bonds. The molecule has 0 N–H and O–H groups in total. The summed E-state index contributed by atoms with van der Waals surface area (Å²) < 4.78 is 17.6. The van der Waals surface area contributed by atoms with Crippen LogP contribution < -0.4 is 0 Å². The van der Waals surface area contributed by atoms with E-state index in [9.17, 15) is 4.39 Å². The first kappa shape index (κ1) is 9.47. The van der Waals surface area contributed by atoms with E-state index in [2.05, 4.69) is 0 Å². The van der Waals surface area contributed by atoms with E-state index in [1.54, 1.807) is 13.8 Å². The monoisotopic (exact) mass is 146 g/mol. The maximum atomic E-state index is 12.7. The van der Waals surface area contributed by atoms with Crippen molar-refractivity contribution in [3.63, 3.8) is 0 Å². The average Bonchev–Trinajstić information content (AvgIpc) is 1.60. The maximum Gasteiger partial charge on any atom is 0.271 e. The van der Waals surface area contributed by atoms with Crippen molar-refractivity contribution in [2.45, 2.75) is 40.2 Å². The SMILES string of the molecule is CC(C)=C(F)OC(C)(C)C. The van der Waals surface area contributed by atoms with Gasteiger partial charge in [-0.3, -0.25) is 0 Å². The Balaban J connectivity index is 4.06. The lowest BCUT2D eigenvalue weighted by molar-refractivity contribution is 0.0118. The lowest BCUT2D eigenvalue weighted by atomic mass is 10.2. The van der Waals surface area contributed by atoms with Crippen LogP contribution in [0.15, 0.2) is 11.6 Å². The predicted molar refractivity (Wildman–Crippen MR) is 40.3 cm³/mol. The average molecular weight is 146 g/mol. The van der Waals surface area contributed by atoms with E-state index in [1.807, 2.05) is 20.8 Å². The number of hydrogen-bond donors (Lipinski definition) is 0. The highest BCUT2D eigenvalue weighted by molar-refractivity contribution is 4.95. The van der Waals surface area contributed by atoms with E-state index >= 15 is 0 Å². The molecule has 0 heterocycles. The fraction of sp³-hybridized carbons (Fsp3) is 0.750. The first-order valence-corrected chi connectivity index (χ1v) is 3.35. The quantitative estimate of drug-likeness (QED) is 0.517. The highest BCUT2D eigenvalue weighted by Gasteiger charge is 2.13. The molecule has 0 rings (SSSR count). The topological polar surface area (TPSA) is 9.23 Å². The Morgan fingerprint density at radius 2 is 1.60 bits per heavy atom. The highest BCUT2D eigenvalue weighted by atomic mass is 19.1. The van der Waals surface area contributed by atoms with Gasteiger partial charge in [-0.25, -0.2) is 0 Å². The van der Waals surface area contributed by atoms with Crippen molar-refractivity contribution in [3.05, 3.63) is 11.6 Å². The Labute approximate surface area is 61.9 Å². The van der Waals surface area contributed by atoms with Gasteiger partial charge in [-0.15, -0.1) is 0 Å². The highest BCUT2D eigenvalue weighted by Crippen LogP contribution is 2.16. The second kappa shape index (κ2) is 3.04. The second-order valence-electron chi connectivity index (χ2n) is 3.49. The third-order valence-corrected chi connectivity index (χ3v) is 0.789. The summed E-state index contributed by atoms with van der Waals surface area (Å²) in [6.07, 6.45) is 0. The predicted octanol–water partition coefficient (Wildman–Crippen LogP) is 3.02. The molecule has 0 aromatic carbocycles. The Kier molecular flexibility index (Phi) is 2.88. The molecule has 2 heteroatoms. The molecular weight excluding hydrogens is 131 g/mol. The van der Waals surface area contributed by atoms with Crippen LogP contribution in [0, 0.1) is 0 Å². The molecule has 0 spiro atoms. The molecule has 0 aliphatic carbocycles. The van der Waals surface area contributed by atoms with Crippen molar-refractivity contribution in [1.29, 1.82) is 0 Å². The van der Waals surface area contributed by atoms with Crippen molar-refractivity contribution in [2.75, 3.05) is 0 Å². The second-order valence-corrected chi connectivity index (χ2v) is 3.49. The molecule has 0 unspecified atom stereocenters. The number of rotatable bonds is 1. The van der Waals surface area contributed by atoms with Gasteiger partial charge < -0.3 is 4.74 Å². The lowest BCUT2D eigenvalue weighted by Gasteiger charge is -2.19. The van der Waals surface area contributed by atoms with E-state index in [1.165, 1.54) is 0 Å². The van der Waals surface area contributed by atoms with Gasteiger partial charge in [-0.05, 0) is 40.2 Å². The van der Waals surface area contributed by atoms with Crippen molar-refractivity contribution in [2.24, 2.45) is 0 Å². The lowest BCUT2D eigenvalue weighted by Crippen LogP contribution is -2.17. The van der Waals surface area contributed by atoms with Crippen LogP contribution in [0.3, 0.4) is 0 Å². The van der Waals surface area contributed by atoms with Gasteiger partial charge in [0.25, 0.3) is 6.01 Å². The van der Waals surface area contributed by atoms with Crippen molar-refractivity contribution in [3.8, 4) is 0 Å². The number of ether oxygens (including phenoxy) is 1. The number of halogens is 1. The fourth-order valence-corrected chi connectivity index (χ4v) is 0.371. The van der Waals surface area contributed by atoms with Crippen molar-refractivity contribution < 1.29 is 9.13 Å². The van der Waals surface area contributed by atoms with Gasteiger partial charge in [0.1, 0.15) is 5.60 Å². The molecule has 10 heavy (non-hydrogen) atoms. The van der Waals surface area contributed by atoms with Crippen molar-refractivity contribution in [1.82, 2.24) is 0 Å². The molecule has 0 aliphatic heterocycles. The molecule has 1 nitrogen and oxygen atoms in total. The molecule has 0 saturated carbocycles. The summed E-state index contributed by atoms with van der Waals surface area (Å²) in [6.45, 7) is 8.81. The van der Waals surface area contributed by atoms with Crippen LogP contribution in [-0.4, -0.2) is 5.60 Å². The summed E-state index contributed by atoms with van der Waals surface area (Å²) in [5.74, 6) is 0. The third-order valence-electron chi connectivity index (χ3n) is 0.789. The minimum atomic E-state index is -0.465. The minimum absolute atomic E-state index is 0.429.